The van der Waals surface area contributed by atoms with E-state index >= 15 is 0 Å². The second kappa shape index (κ2) is 33.0. The van der Waals surface area contributed by atoms with Gasteiger partial charge < -0.3 is 41.2 Å². The highest BCUT2D eigenvalue weighted by Gasteiger charge is 2.26. The summed E-state index contributed by atoms with van der Waals surface area (Å²) in [5.74, 6) is 0. The van der Waals surface area contributed by atoms with Crippen molar-refractivity contribution in [2.75, 3.05) is 14.7 Å². The molecule has 0 unspecified atom stereocenters. The first kappa shape index (κ1) is 80.5. The third-order valence-corrected chi connectivity index (χ3v) is 28.4. The largest absolute Gasteiger partial charge is 0.455 e. The number of hydrogen-bond donors (Lipinski definition) is 0. The van der Waals surface area contributed by atoms with Gasteiger partial charge in [0.15, 0.2) is 0 Å². The van der Waals surface area contributed by atoms with Crippen molar-refractivity contribution in [3.63, 3.8) is 0 Å². The van der Waals surface area contributed by atoms with E-state index in [0.717, 1.165) is 283 Å². The Kier molecular flexibility index (Phi) is 18.8. The molecule has 28 aromatic rings. The van der Waals surface area contributed by atoms with E-state index in [1.54, 1.807) is 0 Å². The van der Waals surface area contributed by atoms with Gasteiger partial charge in [0, 0.05) is 149 Å². The first-order valence-corrected chi connectivity index (χ1v) is 47.8. The minimum atomic E-state index is 0.868. The molecule has 22 aromatic carbocycles. The van der Waals surface area contributed by atoms with Gasteiger partial charge in [-0.3, -0.25) is 0 Å². The molecule has 9 nitrogen and oxygen atoms in total. The van der Waals surface area contributed by atoms with Crippen molar-refractivity contribution >= 4 is 183 Å². The van der Waals surface area contributed by atoms with Gasteiger partial charge in [-0.15, -0.1) is 0 Å². The van der Waals surface area contributed by atoms with Crippen molar-refractivity contribution in [3.05, 3.63) is 491 Å². The van der Waals surface area contributed by atoms with Crippen LogP contribution in [-0.2, 0) is 0 Å². The van der Waals surface area contributed by atoms with Crippen molar-refractivity contribution in [2.45, 2.75) is 0 Å². The maximum Gasteiger partial charge on any atom is 0.143 e. The number of anilines is 9. The molecular formula is C132H81N3O6. The predicted molar refractivity (Wildman–Crippen MR) is 583 cm³/mol. The maximum absolute atomic E-state index is 6.63. The van der Waals surface area contributed by atoms with Crippen molar-refractivity contribution in [2.24, 2.45) is 0 Å². The van der Waals surface area contributed by atoms with Crippen LogP contribution >= 0.6 is 0 Å². The summed E-state index contributed by atoms with van der Waals surface area (Å²) < 4.78 is 39.8. The summed E-state index contributed by atoms with van der Waals surface area (Å²) in [5, 5.41) is 13.1. The Hall–Kier alpha value is -19.0. The fraction of sp³-hybridized carbons (Fsp3) is 0. The van der Waals surface area contributed by atoms with Crippen LogP contribution in [0.4, 0.5) is 51.2 Å². The van der Waals surface area contributed by atoms with Gasteiger partial charge in [-0.1, -0.05) is 328 Å². The van der Waals surface area contributed by atoms with E-state index in [1.807, 2.05) is 72.8 Å². The lowest BCUT2D eigenvalue weighted by molar-refractivity contribution is 0.669. The topological polar surface area (TPSA) is 88.6 Å². The van der Waals surface area contributed by atoms with Gasteiger partial charge in [0.1, 0.15) is 67.0 Å². The lowest BCUT2D eigenvalue weighted by Crippen LogP contribution is -2.10. The third kappa shape index (κ3) is 13.8. The zero-order valence-electron chi connectivity index (χ0n) is 76.1. The molecule has 28 rings (SSSR count). The van der Waals surface area contributed by atoms with Crippen molar-refractivity contribution in [1.29, 1.82) is 0 Å². The van der Waals surface area contributed by atoms with Crippen LogP contribution in [0, 0.1) is 0 Å². The molecule has 0 aliphatic heterocycles. The smallest absolute Gasteiger partial charge is 0.143 e. The zero-order chi connectivity index (χ0) is 92.7. The van der Waals surface area contributed by atoms with Crippen molar-refractivity contribution < 1.29 is 26.5 Å². The molecular weight excluding hydrogens is 1720 g/mol. The van der Waals surface area contributed by atoms with E-state index in [0.29, 0.717) is 0 Å². The van der Waals surface area contributed by atoms with Crippen LogP contribution in [0.1, 0.15) is 0 Å². The van der Waals surface area contributed by atoms with Crippen molar-refractivity contribution in [1.82, 2.24) is 0 Å². The fourth-order valence-electron chi connectivity index (χ4n) is 21.5. The van der Waals surface area contributed by atoms with Crippen LogP contribution in [0.2, 0.25) is 0 Å². The zero-order valence-corrected chi connectivity index (χ0v) is 76.1. The summed E-state index contributed by atoms with van der Waals surface area (Å²) in [6, 6.07) is 176. The highest BCUT2D eigenvalue weighted by atomic mass is 16.3. The van der Waals surface area contributed by atoms with Gasteiger partial charge >= 0.3 is 0 Å². The van der Waals surface area contributed by atoms with Crippen LogP contribution in [0.25, 0.3) is 232 Å². The molecule has 6 aromatic heterocycles. The Bertz CT molecular complexity index is 8390. The number of hydrogen-bond acceptors (Lipinski definition) is 9. The van der Waals surface area contributed by atoms with E-state index in [-0.39, 0.29) is 0 Å². The second-order valence-corrected chi connectivity index (χ2v) is 36.4. The lowest BCUT2D eigenvalue weighted by atomic mass is 9.93. The standard InChI is InChI=1S/C132H81N3O6/c1-7-37-121-109(19-1)115-31-13-25-103(127(115)136-121)85-49-67-97(68-50-85)133(98-69-51-86(52-70-98)104-26-14-32-116-110-20-2-8-38-122(110)137-128(104)116)94-61-43-82(44-62-94)91-79-92(83-45-63-95(64-46-83)134(99-71-53-87(54-72-99)105-27-15-33-117-111-21-3-9-39-123(111)138-129(105)117)100-73-55-88(56-74-100)106-28-16-34-118-112-22-4-10-40-124(112)139-130(106)118)81-93(80-91)84-47-65-96(66-48-84)135(101-75-57-89(58-76-101)107-29-17-35-119-113-23-5-11-41-125(113)140-131(107)119)102-77-59-90(60-78-102)108-30-18-36-120-114-24-6-12-42-126(114)141-132(108)120/h1-81H. The van der Waals surface area contributed by atoms with E-state index < -0.39 is 0 Å². The highest BCUT2D eigenvalue weighted by molar-refractivity contribution is 6.16. The van der Waals surface area contributed by atoms with Crippen LogP contribution in [0.5, 0.6) is 0 Å². The first-order chi connectivity index (χ1) is 69.8. The quantitative estimate of drug-likeness (QED) is 0.0833. The molecule has 0 spiro atoms. The number of furan rings is 6. The first-order valence-electron chi connectivity index (χ1n) is 47.8. The van der Waals surface area contributed by atoms with Gasteiger partial charge in [0.05, 0.1) is 0 Å². The SMILES string of the molecule is c1ccc2c(c1)oc1c(-c3ccc(N(c4ccc(-c5cc(-c6ccc(N(c7ccc(-c8cccc9c8oc8ccccc89)cc7)c7ccc(-c8cccc9c8oc8ccccc89)cc7)cc6)cc(-c6ccc(N(c7ccc(-c8cccc9c8oc8ccccc89)cc7)c7ccc(-c8cccc9c8oc8ccccc89)cc7)cc6)c5)cc4)c4ccc(-c5cccc6c5oc5ccccc56)cc4)cc3)cccc12. The van der Waals surface area contributed by atoms with Gasteiger partial charge in [0.25, 0.3) is 0 Å². The Morgan fingerprint density at radius 3 is 0.397 bits per heavy atom. The van der Waals surface area contributed by atoms with E-state index in [9.17, 15) is 0 Å². The molecule has 0 aliphatic carbocycles. The summed E-state index contributed by atoms with van der Waals surface area (Å²) in [6.45, 7) is 0. The van der Waals surface area contributed by atoms with Crippen molar-refractivity contribution in [3.8, 4) is 100 Å². The molecule has 0 fully saturated rings. The normalized spacial score (nSPS) is 11.8. The molecule has 0 atom stereocenters. The maximum atomic E-state index is 6.63. The summed E-state index contributed by atoms with van der Waals surface area (Å²) in [5.41, 5.74) is 38.2. The number of benzene rings is 22. The molecule has 141 heavy (non-hydrogen) atoms. The molecule has 0 aliphatic rings. The Labute approximate surface area is 810 Å². The molecule has 0 saturated carbocycles. The van der Waals surface area contributed by atoms with E-state index in [1.165, 1.54) is 0 Å². The molecule has 0 saturated heterocycles. The van der Waals surface area contributed by atoms with E-state index in [4.69, 9.17) is 26.5 Å². The third-order valence-electron chi connectivity index (χ3n) is 28.4. The van der Waals surface area contributed by atoms with Crippen LogP contribution < -0.4 is 14.7 Å². The Balaban J connectivity index is 0.571. The lowest BCUT2D eigenvalue weighted by Gasteiger charge is -2.26. The average Bonchev–Trinajstić information content (AvgIpc) is 1.64. The highest BCUT2D eigenvalue weighted by Crippen LogP contribution is 2.50. The number of rotatable bonds is 18. The molecule has 660 valence electrons. The van der Waals surface area contributed by atoms with Gasteiger partial charge in [0.2, 0.25) is 0 Å². The predicted octanol–water partition coefficient (Wildman–Crippen LogP) is 38.5. The molecule has 0 amide bonds. The Morgan fingerprint density at radius 1 is 0.106 bits per heavy atom. The summed E-state index contributed by atoms with van der Waals surface area (Å²) >= 11 is 0. The van der Waals surface area contributed by atoms with Gasteiger partial charge in [-0.05, 0) is 231 Å². The molecule has 0 bridgehead atoms. The molecule has 9 heteroatoms. The molecule has 0 radical (unpaired) electrons. The molecule has 6 heterocycles. The van der Waals surface area contributed by atoms with Gasteiger partial charge in [-0.2, -0.15) is 0 Å². The minimum absolute atomic E-state index is 0.868. The summed E-state index contributed by atoms with van der Waals surface area (Å²) in [7, 11) is 0. The number of fused-ring (bicyclic) bond motifs is 18. The number of nitrogens with zero attached hydrogens (tertiary/aromatic N) is 3. The second-order valence-electron chi connectivity index (χ2n) is 36.4. The van der Waals surface area contributed by atoms with E-state index in [2.05, 4.69) is 433 Å². The average molecular weight is 1810 g/mol. The van der Waals surface area contributed by atoms with Crippen LogP contribution in [0.3, 0.4) is 0 Å². The van der Waals surface area contributed by atoms with Crippen LogP contribution in [-0.4, -0.2) is 0 Å². The number of para-hydroxylation sites is 12. The summed E-state index contributed by atoms with van der Waals surface area (Å²) in [4.78, 5) is 7.04. The fourth-order valence-corrected chi connectivity index (χ4v) is 21.5. The summed E-state index contributed by atoms with van der Waals surface area (Å²) in [6.07, 6.45) is 0. The monoisotopic (exact) mass is 1800 g/mol. The molecule has 0 N–H and O–H groups in total. The van der Waals surface area contributed by atoms with Crippen LogP contribution in [0.15, 0.2) is 518 Å². The minimum Gasteiger partial charge on any atom is -0.455 e. The van der Waals surface area contributed by atoms with Gasteiger partial charge in [-0.25, -0.2) is 0 Å². The Morgan fingerprint density at radius 2 is 0.241 bits per heavy atom.